The first-order valence-electron chi connectivity index (χ1n) is 9.17. The molecule has 3 nitrogen and oxygen atoms in total. The van der Waals surface area contributed by atoms with Crippen molar-refractivity contribution in [2.24, 2.45) is 0 Å². The minimum absolute atomic E-state index is 0.146. The molecule has 2 rings (SSSR count). The Morgan fingerprint density at radius 2 is 1.61 bits per heavy atom. The van der Waals surface area contributed by atoms with E-state index in [0.29, 0.717) is 18.5 Å². The van der Waals surface area contributed by atoms with Gasteiger partial charge < -0.3 is 5.32 Å². The minimum Gasteiger partial charge on any atom is -0.309 e. The number of hydrogen-bond donors (Lipinski definition) is 1. The standard InChI is InChI=1S/C21H24ClF3N2O/c1-3-4-19(26-2)20(28)27(22)14-13-15-5-7-16(8-6-15)17-9-11-18(12-10-17)21(23,24)25/h5-12,19,26H,3-4,13-14H2,1-2H3/t19-/m0/s1. The molecule has 2 aromatic carbocycles. The molecule has 7 heteroatoms. The summed E-state index contributed by atoms with van der Waals surface area (Å²) < 4.78 is 39.2. The molecule has 1 N–H and O–H groups in total. The number of benzene rings is 2. The number of likely N-dealkylation sites (N-methyl/N-ethyl adjacent to an activating group) is 1. The molecule has 0 aliphatic rings. The summed E-state index contributed by atoms with van der Waals surface area (Å²) in [7, 11) is 1.74. The summed E-state index contributed by atoms with van der Waals surface area (Å²) in [5.74, 6) is -0.146. The van der Waals surface area contributed by atoms with Crippen molar-refractivity contribution >= 4 is 17.7 Å². The van der Waals surface area contributed by atoms with Crippen LogP contribution in [0.25, 0.3) is 11.1 Å². The van der Waals surface area contributed by atoms with Gasteiger partial charge in [-0.15, -0.1) is 0 Å². The van der Waals surface area contributed by atoms with Crippen LogP contribution < -0.4 is 5.32 Å². The first kappa shape index (κ1) is 22.2. The number of alkyl halides is 3. The number of halogens is 4. The molecule has 0 heterocycles. The number of nitrogens with one attached hydrogen (secondary N) is 1. The molecule has 1 atom stereocenters. The number of rotatable bonds is 8. The van der Waals surface area contributed by atoms with Crippen molar-refractivity contribution in [2.75, 3.05) is 13.6 Å². The quantitative estimate of drug-likeness (QED) is 0.598. The van der Waals surface area contributed by atoms with E-state index in [-0.39, 0.29) is 11.9 Å². The third-order valence-electron chi connectivity index (χ3n) is 4.56. The van der Waals surface area contributed by atoms with Gasteiger partial charge in [-0.3, -0.25) is 9.21 Å². The fourth-order valence-electron chi connectivity index (χ4n) is 2.90. The molecule has 0 unspecified atom stereocenters. The molecule has 0 bridgehead atoms. The summed E-state index contributed by atoms with van der Waals surface area (Å²) in [5.41, 5.74) is 1.87. The molecular formula is C21H24ClF3N2O. The highest BCUT2D eigenvalue weighted by molar-refractivity contribution is 6.21. The Kier molecular flexibility index (Phi) is 7.89. The summed E-state index contributed by atoms with van der Waals surface area (Å²) >= 11 is 6.12. The average molecular weight is 413 g/mol. The Morgan fingerprint density at radius 3 is 2.07 bits per heavy atom. The van der Waals surface area contributed by atoms with Crippen LogP contribution in [0.15, 0.2) is 48.5 Å². The summed E-state index contributed by atoms with van der Waals surface area (Å²) in [6.07, 6.45) is -2.14. The molecule has 0 fully saturated rings. The monoisotopic (exact) mass is 412 g/mol. The van der Waals surface area contributed by atoms with Crippen LogP contribution in [0.3, 0.4) is 0 Å². The Labute approximate surface area is 168 Å². The number of hydrogen-bond acceptors (Lipinski definition) is 2. The second kappa shape index (κ2) is 9.94. The maximum absolute atomic E-state index is 12.7. The molecular weight excluding hydrogens is 389 g/mol. The molecule has 2 aromatic rings. The lowest BCUT2D eigenvalue weighted by Gasteiger charge is -2.20. The van der Waals surface area contributed by atoms with Gasteiger partial charge in [-0.25, -0.2) is 0 Å². The number of amides is 1. The Hall–Kier alpha value is -2.05. The first-order valence-corrected chi connectivity index (χ1v) is 9.51. The molecule has 0 aromatic heterocycles. The Bertz CT molecular complexity index is 761. The Balaban J connectivity index is 1.96. The van der Waals surface area contributed by atoms with Gasteiger partial charge >= 0.3 is 6.18 Å². The van der Waals surface area contributed by atoms with Crippen molar-refractivity contribution in [2.45, 2.75) is 38.4 Å². The molecule has 0 radical (unpaired) electrons. The van der Waals surface area contributed by atoms with E-state index in [4.69, 9.17) is 11.8 Å². The predicted molar refractivity (Wildman–Crippen MR) is 106 cm³/mol. The smallest absolute Gasteiger partial charge is 0.309 e. The van der Waals surface area contributed by atoms with E-state index in [1.807, 2.05) is 31.2 Å². The predicted octanol–water partition coefficient (Wildman–Crippen LogP) is 5.29. The summed E-state index contributed by atoms with van der Waals surface area (Å²) in [5, 5.41) is 2.97. The second-order valence-corrected chi connectivity index (χ2v) is 6.98. The summed E-state index contributed by atoms with van der Waals surface area (Å²) in [6, 6.07) is 12.3. The van der Waals surface area contributed by atoms with Crippen LogP contribution in [0.5, 0.6) is 0 Å². The zero-order valence-electron chi connectivity index (χ0n) is 15.9. The lowest BCUT2D eigenvalue weighted by atomic mass is 10.0. The molecule has 0 aliphatic carbocycles. The number of carbonyl (C=O) groups excluding carboxylic acids is 1. The minimum atomic E-state index is -4.34. The zero-order valence-corrected chi connectivity index (χ0v) is 16.6. The lowest BCUT2D eigenvalue weighted by Crippen LogP contribution is -2.41. The van der Waals surface area contributed by atoms with Crippen molar-refractivity contribution in [3.05, 3.63) is 59.7 Å². The number of nitrogens with zero attached hydrogens (tertiary/aromatic N) is 1. The van der Waals surface area contributed by atoms with E-state index in [2.05, 4.69) is 5.32 Å². The van der Waals surface area contributed by atoms with Gasteiger partial charge in [0, 0.05) is 18.3 Å². The van der Waals surface area contributed by atoms with Crippen molar-refractivity contribution < 1.29 is 18.0 Å². The van der Waals surface area contributed by atoms with Gasteiger partial charge in [0.15, 0.2) is 0 Å². The third kappa shape index (κ3) is 5.97. The van der Waals surface area contributed by atoms with Crippen molar-refractivity contribution in [1.29, 1.82) is 0 Å². The van der Waals surface area contributed by atoms with Crippen molar-refractivity contribution in [3.63, 3.8) is 0 Å². The van der Waals surface area contributed by atoms with Crippen LogP contribution >= 0.6 is 11.8 Å². The van der Waals surface area contributed by atoms with E-state index in [9.17, 15) is 18.0 Å². The van der Waals surface area contributed by atoms with Crippen LogP contribution in [0.1, 0.15) is 30.9 Å². The maximum Gasteiger partial charge on any atom is 0.416 e. The molecule has 152 valence electrons. The molecule has 0 aliphatic heterocycles. The largest absolute Gasteiger partial charge is 0.416 e. The number of carbonyl (C=O) groups is 1. The molecule has 0 saturated heterocycles. The molecule has 0 saturated carbocycles. The van der Waals surface area contributed by atoms with Crippen LogP contribution in [0.4, 0.5) is 13.2 Å². The Morgan fingerprint density at radius 1 is 1.07 bits per heavy atom. The first-order chi connectivity index (χ1) is 13.3. The fourth-order valence-corrected chi connectivity index (χ4v) is 3.10. The molecule has 0 spiro atoms. The van der Waals surface area contributed by atoms with Crippen LogP contribution in [-0.4, -0.2) is 30.0 Å². The maximum atomic E-state index is 12.7. The van der Waals surface area contributed by atoms with Gasteiger partial charge in [-0.05, 0) is 48.7 Å². The van der Waals surface area contributed by atoms with E-state index in [1.165, 1.54) is 16.6 Å². The van der Waals surface area contributed by atoms with Crippen LogP contribution in [-0.2, 0) is 17.4 Å². The fraction of sp³-hybridized carbons (Fsp3) is 0.381. The zero-order chi connectivity index (χ0) is 20.7. The van der Waals surface area contributed by atoms with E-state index in [0.717, 1.165) is 36.1 Å². The van der Waals surface area contributed by atoms with Gasteiger partial charge in [0.05, 0.1) is 11.6 Å². The third-order valence-corrected chi connectivity index (χ3v) is 4.89. The second-order valence-electron chi connectivity index (χ2n) is 6.58. The lowest BCUT2D eigenvalue weighted by molar-refractivity contribution is -0.137. The van der Waals surface area contributed by atoms with Gasteiger partial charge in [0.25, 0.3) is 5.91 Å². The van der Waals surface area contributed by atoms with Gasteiger partial charge in [0.1, 0.15) is 0 Å². The molecule has 28 heavy (non-hydrogen) atoms. The SMILES string of the molecule is CCC[C@H](NC)C(=O)N(Cl)CCc1ccc(-c2ccc(C(F)(F)F)cc2)cc1. The van der Waals surface area contributed by atoms with E-state index in [1.54, 1.807) is 7.05 Å². The van der Waals surface area contributed by atoms with Gasteiger partial charge in [0.2, 0.25) is 0 Å². The summed E-state index contributed by atoms with van der Waals surface area (Å²) in [4.78, 5) is 12.3. The van der Waals surface area contributed by atoms with Crippen molar-refractivity contribution in [3.8, 4) is 11.1 Å². The van der Waals surface area contributed by atoms with Gasteiger partial charge in [-0.2, -0.15) is 13.2 Å². The van der Waals surface area contributed by atoms with Gasteiger partial charge in [-0.1, -0.05) is 49.7 Å². The van der Waals surface area contributed by atoms with E-state index >= 15 is 0 Å². The highest BCUT2D eigenvalue weighted by Gasteiger charge is 2.30. The van der Waals surface area contributed by atoms with Crippen molar-refractivity contribution in [1.82, 2.24) is 9.74 Å². The molecule has 1 amide bonds. The summed E-state index contributed by atoms with van der Waals surface area (Å²) in [6.45, 7) is 2.39. The topological polar surface area (TPSA) is 32.3 Å². The van der Waals surface area contributed by atoms with Crippen LogP contribution in [0, 0.1) is 0 Å². The average Bonchev–Trinajstić information content (AvgIpc) is 2.69. The highest BCUT2D eigenvalue weighted by Crippen LogP contribution is 2.31. The van der Waals surface area contributed by atoms with E-state index < -0.39 is 11.7 Å². The highest BCUT2D eigenvalue weighted by atomic mass is 35.5. The normalized spacial score (nSPS) is 12.6. The van der Waals surface area contributed by atoms with Crippen LogP contribution in [0.2, 0.25) is 0 Å².